The number of rotatable bonds is 6. The third-order valence-electron chi connectivity index (χ3n) is 4.09. The zero-order valence-electron chi connectivity index (χ0n) is 14.2. The van der Waals surface area contributed by atoms with Crippen LogP contribution in [-0.4, -0.2) is 17.9 Å². The number of nitrogens with one attached hydrogen (secondary N) is 3. The molecule has 0 aliphatic heterocycles. The van der Waals surface area contributed by atoms with Gasteiger partial charge in [-0.3, -0.25) is 9.59 Å². The average molecular weight is 392 g/mol. The van der Waals surface area contributed by atoms with Crippen LogP contribution >= 0.6 is 23.2 Å². The number of halogens is 2. The molecule has 1 aliphatic carbocycles. The number of hydrogen-bond donors (Lipinski definition) is 3. The lowest BCUT2D eigenvalue weighted by molar-refractivity contribution is -0.117. The highest BCUT2D eigenvalue weighted by Gasteiger charge is 2.29. The fraction of sp³-hybridized carbons (Fsp3) is 0.263. The molecule has 2 amide bonds. The van der Waals surface area contributed by atoms with Crippen LogP contribution in [0.25, 0.3) is 0 Å². The molecule has 1 aliphatic rings. The fourth-order valence-electron chi connectivity index (χ4n) is 2.40. The monoisotopic (exact) mass is 391 g/mol. The summed E-state index contributed by atoms with van der Waals surface area (Å²) in [5, 5.41) is 9.44. The van der Waals surface area contributed by atoms with Crippen molar-refractivity contribution in [2.45, 2.75) is 25.8 Å². The third-order valence-corrected chi connectivity index (χ3v) is 4.91. The quantitative estimate of drug-likeness (QED) is 0.663. The minimum atomic E-state index is -0.489. The largest absolute Gasteiger partial charge is 0.374 e. The van der Waals surface area contributed by atoms with Crippen molar-refractivity contribution in [1.82, 2.24) is 0 Å². The van der Waals surface area contributed by atoms with Gasteiger partial charge in [0.1, 0.15) is 6.04 Å². The SMILES string of the molecule is CC(Nc1ccc(NC(=O)C2CC2)cc1)C(=O)Nc1cccc(Cl)c1Cl. The molecule has 3 N–H and O–H groups in total. The van der Waals surface area contributed by atoms with Crippen LogP contribution in [0.3, 0.4) is 0 Å². The molecule has 2 aromatic carbocycles. The first-order valence-electron chi connectivity index (χ1n) is 8.36. The van der Waals surface area contributed by atoms with Crippen molar-refractivity contribution in [3.8, 4) is 0 Å². The molecule has 1 fully saturated rings. The molecule has 0 aromatic heterocycles. The van der Waals surface area contributed by atoms with E-state index in [0.29, 0.717) is 15.7 Å². The molecule has 0 bridgehead atoms. The number of hydrogen-bond acceptors (Lipinski definition) is 3. The molecule has 0 heterocycles. The smallest absolute Gasteiger partial charge is 0.246 e. The van der Waals surface area contributed by atoms with Gasteiger partial charge in [0.05, 0.1) is 15.7 Å². The van der Waals surface area contributed by atoms with Gasteiger partial charge in [0, 0.05) is 17.3 Å². The zero-order chi connectivity index (χ0) is 18.7. The van der Waals surface area contributed by atoms with Crippen molar-refractivity contribution in [1.29, 1.82) is 0 Å². The van der Waals surface area contributed by atoms with E-state index in [2.05, 4.69) is 16.0 Å². The molecule has 26 heavy (non-hydrogen) atoms. The van der Waals surface area contributed by atoms with Crippen LogP contribution in [0.5, 0.6) is 0 Å². The lowest BCUT2D eigenvalue weighted by Gasteiger charge is -2.16. The maximum Gasteiger partial charge on any atom is 0.246 e. The third kappa shape index (κ3) is 4.68. The summed E-state index contributed by atoms with van der Waals surface area (Å²) in [5.74, 6) is -0.00744. The Balaban J connectivity index is 1.56. The normalized spacial score (nSPS) is 14.4. The maximum atomic E-state index is 12.3. The van der Waals surface area contributed by atoms with E-state index >= 15 is 0 Å². The summed E-state index contributed by atoms with van der Waals surface area (Å²) in [4.78, 5) is 24.1. The maximum absolute atomic E-state index is 12.3. The Labute approximate surface area is 162 Å². The van der Waals surface area contributed by atoms with Gasteiger partial charge in [0.25, 0.3) is 0 Å². The van der Waals surface area contributed by atoms with Crippen molar-refractivity contribution in [2.75, 3.05) is 16.0 Å². The van der Waals surface area contributed by atoms with E-state index in [-0.39, 0.29) is 17.7 Å². The van der Waals surface area contributed by atoms with Gasteiger partial charge >= 0.3 is 0 Å². The first-order chi connectivity index (χ1) is 12.4. The minimum Gasteiger partial charge on any atom is -0.374 e. The van der Waals surface area contributed by atoms with Gasteiger partial charge in [-0.25, -0.2) is 0 Å². The zero-order valence-corrected chi connectivity index (χ0v) is 15.7. The van der Waals surface area contributed by atoms with E-state index in [0.717, 1.165) is 24.2 Å². The van der Waals surface area contributed by atoms with Gasteiger partial charge in [-0.1, -0.05) is 29.3 Å². The van der Waals surface area contributed by atoms with Crippen molar-refractivity contribution in [2.24, 2.45) is 5.92 Å². The summed E-state index contributed by atoms with van der Waals surface area (Å²) in [6.07, 6.45) is 1.93. The van der Waals surface area contributed by atoms with Crippen LogP contribution < -0.4 is 16.0 Å². The summed E-state index contributed by atoms with van der Waals surface area (Å²) in [5.41, 5.74) is 1.99. The fourth-order valence-corrected chi connectivity index (χ4v) is 2.74. The Kier molecular flexibility index (Phi) is 5.69. The van der Waals surface area contributed by atoms with E-state index in [1.807, 2.05) is 12.1 Å². The summed E-state index contributed by atoms with van der Waals surface area (Å²) >= 11 is 12.0. The minimum absolute atomic E-state index is 0.0665. The Bertz CT molecular complexity index is 820. The summed E-state index contributed by atoms with van der Waals surface area (Å²) in [6.45, 7) is 1.75. The molecular weight excluding hydrogens is 373 g/mol. The Morgan fingerprint density at radius 1 is 1.00 bits per heavy atom. The number of carbonyl (C=O) groups is 2. The number of anilines is 3. The van der Waals surface area contributed by atoms with Crippen molar-refractivity contribution in [3.63, 3.8) is 0 Å². The second-order valence-corrected chi connectivity index (χ2v) is 7.08. The second kappa shape index (κ2) is 7.98. The van der Waals surface area contributed by atoms with Gasteiger partial charge in [-0.15, -0.1) is 0 Å². The molecular formula is C19H19Cl2N3O2. The molecule has 3 rings (SSSR count). The lowest BCUT2D eigenvalue weighted by Crippen LogP contribution is -2.31. The Hall–Kier alpha value is -2.24. The van der Waals surface area contributed by atoms with Gasteiger partial charge in [0.2, 0.25) is 11.8 Å². The molecule has 1 unspecified atom stereocenters. The van der Waals surface area contributed by atoms with Crippen LogP contribution in [0.2, 0.25) is 10.0 Å². The highest BCUT2D eigenvalue weighted by atomic mass is 35.5. The Morgan fingerprint density at radius 3 is 2.31 bits per heavy atom. The van der Waals surface area contributed by atoms with E-state index in [9.17, 15) is 9.59 Å². The highest BCUT2D eigenvalue weighted by molar-refractivity contribution is 6.44. The second-order valence-electron chi connectivity index (χ2n) is 6.30. The molecule has 0 radical (unpaired) electrons. The van der Waals surface area contributed by atoms with Gasteiger partial charge < -0.3 is 16.0 Å². The number of amides is 2. The van der Waals surface area contributed by atoms with Gasteiger partial charge in [0.15, 0.2) is 0 Å². The summed E-state index contributed by atoms with van der Waals surface area (Å²) in [6, 6.07) is 11.8. The molecule has 5 nitrogen and oxygen atoms in total. The first-order valence-corrected chi connectivity index (χ1v) is 9.12. The number of carbonyl (C=O) groups excluding carboxylic acids is 2. The molecule has 7 heteroatoms. The van der Waals surface area contributed by atoms with Crippen molar-refractivity contribution < 1.29 is 9.59 Å². The van der Waals surface area contributed by atoms with Crippen LogP contribution in [0, 0.1) is 5.92 Å². The van der Waals surface area contributed by atoms with E-state index in [1.54, 1.807) is 37.3 Å². The van der Waals surface area contributed by atoms with Gasteiger partial charge in [-0.2, -0.15) is 0 Å². The predicted octanol–water partition coefficient (Wildman–Crippen LogP) is 4.78. The molecule has 0 spiro atoms. The van der Waals surface area contributed by atoms with Crippen LogP contribution in [-0.2, 0) is 9.59 Å². The molecule has 2 aromatic rings. The molecule has 1 saturated carbocycles. The standard InChI is InChI=1S/C19H19Cl2N3O2/c1-11(18(25)24-16-4-2-3-15(20)17(16)21)22-13-7-9-14(10-8-13)23-19(26)12-5-6-12/h2-4,7-12,22H,5-6H2,1H3,(H,23,26)(H,24,25). The van der Waals surface area contributed by atoms with Gasteiger partial charge in [-0.05, 0) is 56.2 Å². The van der Waals surface area contributed by atoms with Crippen LogP contribution in [0.4, 0.5) is 17.1 Å². The lowest BCUT2D eigenvalue weighted by atomic mass is 10.2. The van der Waals surface area contributed by atoms with Crippen molar-refractivity contribution >= 4 is 52.1 Å². The number of benzene rings is 2. The predicted molar refractivity (Wildman–Crippen MR) is 106 cm³/mol. The van der Waals surface area contributed by atoms with E-state index in [1.165, 1.54) is 0 Å². The first kappa shape index (κ1) is 18.5. The summed E-state index contributed by atoms with van der Waals surface area (Å²) < 4.78 is 0. The van der Waals surface area contributed by atoms with Crippen LogP contribution in [0.1, 0.15) is 19.8 Å². The Morgan fingerprint density at radius 2 is 1.65 bits per heavy atom. The highest BCUT2D eigenvalue weighted by Crippen LogP contribution is 2.31. The topological polar surface area (TPSA) is 70.2 Å². The average Bonchev–Trinajstić information content (AvgIpc) is 3.45. The summed E-state index contributed by atoms with van der Waals surface area (Å²) in [7, 11) is 0. The molecule has 0 saturated heterocycles. The molecule has 136 valence electrons. The van der Waals surface area contributed by atoms with Crippen molar-refractivity contribution in [3.05, 3.63) is 52.5 Å². The molecule has 1 atom stereocenters. The van der Waals surface area contributed by atoms with E-state index in [4.69, 9.17) is 23.2 Å². The van der Waals surface area contributed by atoms with E-state index < -0.39 is 6.04 Å². The van der Waals surface area contributed by atoms with Crippen LogP contribution in [0.15, 0.2) is 42.5 Å².